The largest absolute Gasteiger partial charge is 0.339 e. The van der Waals surface area contributed by atoms with Crippen molar-refractivity contribution >= 4 is 23.7 Å². The average molecular weight is 293 g/mol. The third kappa shape index (κ3) is 2.65. The van der Waals surface area contributed by atoms with E-state index in [4.69, 9.17) is 5.84 Å². The molecule has 0 saturated carbocycles. The van der Waals surface area contributed by atoms with E-state index in [0.717, 1.165) is 18.8 Å². The lowest BCUT2D eigenvalue weighted by atomic mass is 10.4. The van der Waals surface area contributed by atoms with Gasteiger partial charge in [-0.15, -0.1) is 0 Å². The van der Waals surface area contributed by atoms with E-state index >= 15 is 0 Å². The molecule has 0 aromatic carbocycles. The molecule has 1 unspecified atom stereocenters. The third-order valence-corrected chi connectivity index (χ3v) is 4.02. The van der Waals surface area contributed by atoms with Crippen LogP contribution in [0, 0.1) is 0 Å². The van der Waals surface area contributed by atoms with Crippen molar-refractivity contribution in [1.29, 1.82) is 0 Å². The molecule has 1 aliphatic heterocycles. The molecule has 0 amide bonds. The van der Waals surface area contributed by atoms with Crippen LogP contribution < -0.4 is 16.2 Å². The maximum absolute atomic E-state index is 5.43. The van der Waals surface area contributed by atoms with Crippen LogP contribution in [-0.4, -0.2) is 53.8 Å². The van der Waals surface area contributed by atoms with E-state index in [1.165, 1.54) is 17.3 Å². The molecule has 0 bridgehead atoms. The molecule has 0 aliphatic carbocycles. The average Bonchev–Trinajstić information content (AvgIpc) is 3.01. The van der Waals surface area contributed by atoms with Crippen LogP contribution in [0.2, 0.25) is 0 Å². The minimum atomic E-state index is 0.311. The maximum Gasteiger partial charge on any atom is 0.258 e. The Morgan fingerprint density at radius 1 is 1.35 bits per heavy atom. The fourth-order valence-corrected chi connectivity index (χ4v) is 2.99. The molecule has 10 heteroatoms. The second-order valence-electron chi connectivity index (χ2n) is 4.37. The van der Waals surface area contributed by atoms with Gasteiger partial charge < -0.3 is 4.90 Å². The Hall–Kier alpha value is -1.94. The summed E-state index contributed by atoms with van der Waals surface area (Å²) in [5.74, 6) is 7.79. The number of thioether (sulfide) groups is 1. The Morgan fingerprint density at radius 3 is 2.90 bits per heavy atom. The summed E-state index contributed by atoms with van der Waals surface area (Å²) in [5, 5.41) is 4.57. The second kappa shape index (κ2) is 5.59. The fourth-order valence-electron chi connectivity index (χ4n) is 1.97. The van der Waals surface area contributed by atoms with Crippen LogP contribution in [0.4, 0.5) is 11.9 Å². The highest BCUT2D eigenvalue weighted by molar-refractivity contribution is 8.00. The Labute approximate surface area is 120 Å². The molecule has 3 rings (SSSR count). The number of hydrogen-bond acceptors (Lipinski definition) is 9. The summed E-state index contributed by atoms with van der Waals surface area (Å²) in [5.41, 5.74) is 2.46. The van der Waals surface area contributed by atoms with Gasteiger partial charge in [-0.2, -0.15) is 36.5 Å². The normalized spacial score (nSPS) is 19.1. The molecule has 1 atom stereocenters. The van der Waals surface area contributed by atoms with Crippen molar-refractivity contribution in [3.63, 3.8) is 0 Å². The van der Waals surface area contributed by atoms with Gasteiger partial charge in [-0.3, -0.25) is 5.43 Å². The molecule has 2 aromatic heterocycles. The summed E-state index contributed by atoms with van der Waals surface area (Å²) in [6.07, 6.45) is 2.96. The summed E-state index contributed by atoms with van der Waals surface area (Å²) in [4.78, 5) is 19.0. The molecule has 1 fully saturated rings. The van der Waals surface area contributed by atoms with Crippen LogP contribution >= 0.6 is 11.8 Å². The highest BCUT2D eigenvalue weighted by atomic mass is 32.2. The Kier molecular flexibility index (Phi) is 3.65. The van der Waals surface area contributed by atoms with Crippen LogP contribution in [0.5, 0.6) is 0 Å². The lowest BCUT2D eigenvalue weighted by Crippen LogP contribution is -2.38. The summed E-state index contributed by atoms with van der Waals surface area (Å²) in [7, 11) is 0. The van der Waals surface area contributed by atoms with Gasteiger partial charge in [-0.1, -0.05) is 6.92 Å². The van der Waals surface area contributed by atoms with Gasteiger partial charge in [0.1, 0.15) is 12.7 Å². The predicted molar refractivity (Wildman–Crippen MR) is 76.7 cm³/mol. The zero-order valence-electron chi connectivity index (χ0n) is 11.0. The number of nitrogen functional groups attached to an aromatic ring is 1. The molecule has 9 nitrogen and oxygen atoms in total. The van der Waals surface area contributed by atoms with Gasteiger partial charge in [-0.05, 0) is 0 Å². The number of hydrogen-bond donors (Lipinski definition) is 2. The molecule has 0 spiro atoms. The van der Waals surface area contributed by atoms with Crippen molar-refractivity contribution in [2.75, 3.05) is 29.2 Å². The molecule has 106 valence electrons. The topological polar surface area (TPSA) is 111 Å². The monoisotopic (exact) mass is 293 g/mol. The molecule has 2 aromatic rings. The second-order valence-corrected chi connectivity index (χ2v) is 5.92. The number of rotatable bonds is 3. The smallest absolute Gasteiger partial charge is 0.258 e. The predicted octanol–water partition coefficient (Wildman–Crippen LogP) is -0.320. The lowest BCUT2D eigenvalue weighted by molar-refractivity contribution is 0.730. The first-order chi connectivity index (χ1) is 9.76. The van der Waals surface area contributed by atoms with Crippen molar-refractivity contribution in [3.05, 3.63) is 12.7 Å². The van der Waals surface area contributed by atoms with Gasteiger partial charge >= 0.3 is 0 Å². The Bertz CT molecular complexity index is 572. The van der Waals surface area contributed by atoms with Crippen molar-refractivity contribution < 1.29 is 0 Å². The van der Waals surface area contributed by atoms with E-state index in [9.17, 15) is 0 Å². The standard InChI is InChI=1S/C10H15N9S/c1-7-4-18(2-3-20-7)9-14-8(17-11)15-10(16-9)19-6-12-5-13-19/h5-7H,2-4,11H2,1H3,(H,14,15,16,17). The molecule has 1 aliphatic rings. The lowest BCUT2D eigenvalue weighted by Gasteiger charge is -2.30. The van der Waals surface area contributed by atoms with Gasteiger partial charge in [0.2, 0.25) is 11.9 Å². The highest BCUT2D eigenvalue weighted by Gasteiger charge is 2.21. The third-order valence-electron chi connectivity index (χ3n) is 2.89. The zero-order valence-corrected chi connectivity index (χ0v) is 11.8. The van der Waals surface area contributed by atoms with E-state index in [0.29, 0.717) is 23.1 Å². The first kappa shape index (κ1) is 13.1. The van der Waals surface area contributed by atoms with Crippen LogP contribution in [0.25, 0.3) is 5.95 Å². The van der Waals surface area contributed by atoms with Crippen LogP contribution in [0.1, 0.15) is 6.92 Å². The minimum Gasteiger partial charge on any atom is -0.339 e. The number of nitrogens with zero attached hydrogens (tertiary/aromatic N) is 7. The maximum atomic E-state index is 5.43. The van der Waals surface area contributed by atoms with Gasteiger partial charge in [0.15, 0.2) is 0 Å². The van der Waals surface area contributed by atoms with Gasteiger partial charge in [0, 0.05) is 24.1 Å². The van der Waals surface area contributed by atoms with E-state index in [1.807, 2.05) is 11.8 Å². The fraction of sp³-hybridized carbons (Fsp3) is 0.500. The molecule has 3 heterocycles. The summed E-state index contributed by atoms with van der Waals surface area (Å²) >= 11 is 1.95. The number of nitrogens with one attached hydrogen (secondary N) is 1. The quantitative estimate of drug-likeness (QED) is 0.581. The molecular formula is C10H15N9S. The molecule has 0 radical (unpaired) electrons. The number of anilines is 2. The molecular weight excluding hydrogens is 278 g/mol. The SMILES string of the molecule is CC1CN(c2nc(NN)nc(-n3cncn3)n2)CCS1. The summed E-state index contributed by atoms with van der Waals surface area (Å²) < 4.78 is 1.48. The zero-order chi connectivity index (χ0) is 13.9. The van der Waals surface area contributed by atoms with Crippen molar-refractivity contribution in [1.82, 2.24) is 29.7 Å². The minimum absolute atomic E-state index is 0.311. The van der Waals surface area contributed by atoms with E-state index in [1.54, 1.807) is 0 Å². The summed E-state index contributed by atoms with van der Waals surface area (Å²) in [6.45, 7) is 3.99. The Morgan fingerprint density at radius 2 is 2.20 bits per heavy atom. The first-order valence-corrected chi connectivity index (χ1v) is 7.25. The van der Waals surface area contributed by atoms with Crippen molar-refractivity contribution in [2.45, 2.75) is 12.2 Å². The number of hydrazine groups is 1. The van der Waals surface area contributed by atoms with E-state index in [-0.39, 0.29) is 0 Å². The number of nitrogens with two attached hydrogens (primary N) is 1. The van der Waals surface area contributed by atoms with E-state index < -0.39 is 0 Å². The van der Waals surface area contributed by atoms with Crippen LogP contribution in [0.3, 0.4) is 0 Å². The van der Waals surface area contributed by atoms with Gasteiger partial charge in [0.25, 0.3) is 5.95 Å². The summed E-state index contributed by atoms with van der Waals surface area (Å²) in [6, 6.07) is 0. The molecule has 3 N–H and O–H groups in total. The molecule has 1 saturated heterocycles. The van der Waals surface area contributed by atoms with Crippen molar-refractivity contribution in [3.8, 4) is 5.95 Å². The Balaban J connectivity index is 1.96. The number of aromatic nitrogens is 6. The highest BCUT2D eigenvalue weighted by Crippen LogP contribution is 2.22. The van der Waals surface area contributed by atoms with E-state index in [2.05, 4.69) is 42.3 Å². The van der Waals surface area contributed by atoms with Crippen molar-refractivity contribution in [2.24, 2.45) is 5.84 Å². The van der Waals surface area contributed by atoms with Gasteiger partial charge in [0.05, 0.1) is 0 Å². The van der Waals surface area contributed by atoms with Crippen LogP contribution in [0.15, 0.2) is 12.7 Å². The van der Waals surface area contributed by atoms with Gasteiger partial charge in [-0.25, -0.2) is 10.8 Å². The first-order valence-electron chi connectivity index (χ1n) is 6.20. The van der Waals surface area contributed by atoms with Crippen LogP contribution in [-0.2, 0) is 0 Å². The molecule has 20 heavy (non-hydrogen) atoms.